The normalized spacial score (nSPS) is 15.8. The third-order valence-corrected chi connectivity index (χ3v) is 6.28. The molecule has 3 aromatic rings. The highest BCUT2D eigenvalue weighted by Gasteiger charge is 2.30. The van der Waals surface area contributed by atoms with Gasteiger partial charge in [-0.2, -0.15) is 4.31 Å². The van der Waals surface area contributed by atoms with Gasteiger partial charge in [-0.3, -0.25) is 4.98 Å². The molecule has 7 heteroatoms. The monoisotopic (exact) mass is 369 g/mol. The van der Waals surface area contributed by atoms with Crippen molar-refractivity contribution in [2.75, 3.05) is 31.6 Å². The zero-order valence-corrected chi connectivity index (χ0v) is 14.9. The molecular weight excluding hydrogens is 350 g/mol. The van der Waals surface area contributed by atoms with Crippen LogP contribution in [-0.4, -0.2) is 44.0 Å². The number of nitrogens with one attached hydrogen (secondary N) is 1. The minimum absolute atomic E-state index is 0.182. The average molecular weight is 369 g/mol. The van der Waals surface area contributed by atoms with E-state index in [-0.39, 0.29) is 4.90 Å². The summed E-state index contributed by atoms with van der Waals surface area (Å²) in [4.78, 5) is 4.55. The van der Waals surface area contributed by atoms with Crippen LogP contribution in [0.3, 0.4) is 0 Å². The number of sulfonamides is 1. The number of benzene rings is 2. The van der Waals surface area contributed by atoms with Gasteiger partial charge in [-0.1, -0.05) is 36.4 Å². The standard InChI is InChI=1S/C19H19N3O3S/c23-26(24,22-10-12-25-13-11-22)18-14-20-17-9-5-4-8-16(17)19(18)21-15-6-2-1-3-7-15/h1-9,14H,10-13H2,(H,20,21). The second-order valence-corrected chi connectivity index (χ2v) is 7.93. The molecule has 0 atom stereocenters. The summed E-state index contributed by atoms with van der Waals surface area (Å²) in [5, 5.41) is 4.05. The van der Waals surface area contributed by atoms with Crippen LogP contribution in [-0.2, 0) is 14.8 Å². The quantitative estimate of drug-likeness (QED) is 0.765. The second kappa shape index (κ2) is 7.03. The fourth-order valence-electron chi connectivity index (χ4n) is 3.04. The molecule has 6 nitrogen and oxygen atoms in total. The van der Waals surface area contributed by atoms with Gasteiger partial charge < -0.3 is 10.1 Å². The molecule has 0 aliphatic carbocycles. The zero-order valence-electron chi connectivity index (χ0n) is 14.1. The number of hydrogen-bond acceptors (Lipinski definition) is 5. The summed E-state index contributed by atoms with van der Waals surface area (Å²) in [5.74, 6) is 0. The fraction of sp³-hybridized carbons (Fsp3) is 0.211. The lowest BCUT2D eigenvalue weighted by Crippen LogP contribution is -2.40. The Kier molecular flexibility index (Phi) is 4.58. The summed E-state index contributed by atoms with van der Waals surface area (Å²) in [6.07, 6.45) is 1.44. The topological polar surface area (TPSA) is 71.5 Å². The van der Waals surface area contributed by atoms with Crippen molar-refractivity contribution in [3.63, 3.8) is 0 Å². The molecule has 2 aromatic carbocycles. The summed E-state index contributed by atoms with van der Waals surface area (Å²) < 4.78 is 33.2. The molecule has 134 valence electrons. The maximum absolute atomic E-state index is 13.2. The molecule has 1 saturated heterocycles. The molecule has 4 rings (SSSR count). The average Bonchev–Trinajstić information content (AvgIpc) is 2.69. The molecule has 0 amide bonds. The Balaban J connectivity index is 1.87. The van der Waals surface area contributed by atoms with Crippen LogP contribution in [0.1, 0.15) is 0 Å². The number of hydrogen-bond donors (Lipinski definition) is 1. The molecule has 0 spiro atoms. The molecule has 1 aliphatic rings. The van der Waals surface area contributed by atoms with Crippen molar-refractivity contribution in [2.45, 2.75) is 4.90 Å². The Morgan fingerprint density at radius 2 is 1.65 bits per heavy atom. The molecule has 2 heterocycles. The van der Waals surface area contributed by atoms with Gasteiger partial charge in [0.1, 0.15) is 4.90 Å². The van der Waals surface area contributed by atoms with Gasteiger partial charge in [-0.05, 0) is 18.2 Å². The van der Waals surface area contributed by atoms with Crippen LogP contribution in [0.5, 0.6) is 0 Å². The smallest absolute Gasteiger partial charge is 0.246 e. The summed E-state index contributed by atoms with van der Waals surface area (Å²) >= 11 is 0. The molecule has 1 aliphatic heterocycles. The Labute approximate surface area is 152 Å². The fourth-order valence-corrected chi connectivity index (χ4v) is 4.55. The van der Waals surface area contributed by atoms with E-state index in [1.807, 2.05) is 54.6 Å². The highest BCUT2D eigenvalue weighted by Crippen LogP contribution is 2.33. The van der Waals surface area contributed by atoms with E-state index in [4.69, 9.17) is 4.74 Å². The molecule has 0 radical (unpaired) electrons. The van der Waals surface area contributed by atoms with Crippen LogP contribution in [0.15, 0.2) is 65.7 Å². The Bertz CT molecular complexity index is 1020. The van der Waals surface area contributed by atoms with Crippen molar-refractivity contribution in [1.82, 2.24) is 9.29 Å². The highest BCUT2D eigenvalue weighted by atomic mass is 32.2. The van der Waals surface area contributed by atoms with E-state index >= 15 is 0 Å². The van der Waals surface area contributed by atoms with Crippen molar-refractivity contribution >= 4 is 32.3 Å². The number of fused-ring (bicyclic) bond motifs is 1. The van der Waals surface area contributed by atoms with Gasteiger partial charge in [-0.25, -0.2) is 8.42 Å². The van der Waals surface area contributed by atoms with E-state index in [1.165, 1.54) is 10.5 Å². The van der Waals surface area contributed by atoms with Gasteiger partial charge in [0.25, 0.3) is 0 Å². The first-order valence-electron chi connectivity index (χ1n) is 8.44. The Hall–Kier alpha value is -2.48. The zero-order chi connectivity index (χ0) is 18.0. The molecule has 0 bridgehead atoms. The van der Waals surface area contributed by atoms with Gasteiger partial charge in [0.05, 0.1) is 24.4 Å². The lowest BCUT2D eigenvalue weighted by molar-refractivity contribution is 0.0730. The van der Waals surface area contributed by atoms with E-state index in [0.717, 1.165) is 16.6 Å². The van der Waals surface area contributed by atoms with Gasteiger partial charge in [0.15, 0.2) is 0 Å². The third-order valence-electron chi connectivity index (χ3n) is 4.37. The first kappa shape index (κ1) is 17.0. The largest absolute Gasteiger partial charge is 0.379 e. The molecule has 0 saturated carbocycles. The van der Waals surface area contributed by atoms with Crippen LogP contribution < -0.4 is 5.32 Å². The second-order valence-electron chi connectivity index (χ2n) is 6.02. The number of para-hydroxylation sites is 2. The maximum atomic E-state index is 13.2. The number of aromatic nitrogens is 1. The maximum Gasteiger partial charge on any atom is 0.246 e. The van der Waals surface area contributed by atoms with E-state index < -0.39 is 10.0 Å². The molecule has 1 fully saturated rings. The predicted octanol–water partition coefficient (Wildman–Crippen LogP) is 3.00. The first-order valence-corrected chi connectivity index (χ1v) is 9.88. The van der Waals surface area contributed by atoms with E-state index in [9.17, 15) is 8.42 Å². The summed E-state index contributed by atoms with van der Waals surface area (Å²) in [6.45, 7) is 1.50. The summed E-state index contributed by atoms with van der Waals surface area (Å²) in [5.41, 5.74) is 2.11. The van der Waals surface area contributed by atoms with Gasteiger partial charge >= 0.3 is 0 Å². The van der Waals surface area contributed by atoms with Crippen molar-refractivity contribution < 1.29 is 13.2 Å². The molecular formula is C19H19N3O3S. The van der Waals surface area contributed by atoms with Gasteiger partial charge in [-0.15, -0.1) is 0 Å². The van der Waals surface area contributed by atoms with E-state index in [0.29, 0.717) is 32.0 Å². The van der Waals surface area contributed by atoms with E-state index in [1.54, 1.807) is 0 Å². The number of rotatable bonds is 4. The third kappa shape index (κ3) is 3.16. The number of ether oxygens (including phenoxy) is 1. The molecule has 0 unspecified atom stereocenters. The minimum Gasteiger partial charge on any atom is -0.379 e. The van der Waals surface area contributed by atoms with Gasteiger partial charge in [0.2, 0.25) is 10.0 Å². The number of nitrogens with zero attached hydrogens (tertiary/aromatic N) is 2. The summed E-state index contributed by atoms with van der Waals surface area (Å²) in [7, 11) is -3.68. The van der Waals surface area contributed by atoms with Crippen LogP contribution in [0, 0.1) is 0 Å². The first-order chi connectivity index (χ1) is 12.7. The van der Waals surface area contributed by atoms with Crippen LogP contribution in [0.4, 0.5) is 11.4 Å². The van der Waals surface area contributed by atoms with Crippen LogP contribution in [0.2, 0.25) is 0 Å². The van der Waals surface area contributed by atoms with Crippen molar-refractivity contribution in [3.8, 4) is 0 Å². The molecule has 1 aromatic heterocycles. The summed E-state index contributed by atoms with van der Waals surface area (Å²) in [6, 6.07) is 17.1. The number of anilines is 2. The Morgan fingerprint density at radius 1 is 0.962 bits per heavy atom. The SMILES string of the molecule is O=S(=O)(c1cnc2ccccc2c1Nc1ccccc1)N1CCOCC1. The lowest BCUT2D eigenvalue weighted by Gasteiger charge is -2.27. The van der Waals surface area contributed by atoms with Crippen molar-refractivity contribution in [2.24, 2.45) is 0 Å². The molecule has 26 heavy (non-hydrogen) atoms. The van der Waals surface area contributed by atoms with Crippen molar-refractivity contribution in [3.05, 3.63) is 60.8 Å². The number of morpholine rings is 1. The van der Waals surface area contributed by atoms with E-state index in [2.05, 4.69) is 10.3 Å². The van der Waals surface area contributed by atoms with Gasteiger partial charge in [0, 0.05) is 30.4 Å². The predicted molar refractivity (Wildman–Crippen MR) is 101 cm³/mol. The molecule has 1 N–H and O–H groups in total. The number of pyridine rings is 1. The van der Waals surface area contributed by atoms with Crippen LogP contribution in [0.25, 0.3) is 10.9 Å². The highest BCUT2D eigenvalue weighted by molar-refractivity contribution is 7.89. The lowest BCUT2D eigenvalue weighted by atomic mass is 10.2. The Morgan fingerprint density at radius 3 is 2.42 bits per heavy atom. The van der Waals surface area contributed by atoms with Crippen molar-refractivity contribution in [1.29, 1.82) is 0 Å². The minimum atomic E-state index is -3.68. The van der Waals surface area contributed by atoms with Crippen LogP contribution >= 0.6 is 0 Å².